The molecular weight excluding hydrogens is 427 g/mol. The molecule has 0 amide bonds. The van der Waals surface area contributed by atoms with Gasteiger partial charge in [-0.2, -0.15) is 0 Å². The number of carbonyl (C=O) groups excluding carboxylic acids is 1. The summed E-state index contributed by atoms with van der Waals surface area (Å²) in [5.74, 6) is 0.547. The zero-order chi connectivity index (χ0) is 22.5. The summed E-state index contributed by atoms with van der Waals surface area (Å²) in [6.45, 7) is 6.24. The Balaban J connectivity index is 1.48. The molecule has 0 saturated heterocycles. The van der Waals surface area contributed by atoms with Crippen LogP contribution in [0.25, 0.3) is 20.5 Å². The number of thiophene rings is 1. The van der Waals surface area contributed by atoms with Gasteiger partial charge in [-0.15, -0.1) is 11.3 Å². The second kappa shape index (κ2) is 9.66. The molecule has 0 saturated carbocycles. The van der Waals surface area contributed by atoms with Gasteiger partial charge in [-0.25, -0.2) is 9.18 Å². The predicted molar refractivity (Wildman–Crippen MR) is 125 cm³/mol. The summed E-state index contributed by atoms with van der Waals surface area (Å²) in [6.07, 6.45) is 1.66. The average Bonchev–Trinajstić information content (AvgIpc) is 3.26. The van der Waals surface area contributed by atoms with Crippen molar-refractivity contribution in [1.29, 1.82) is 0 Å². The number of benzene rings is 3. The summed E-state index contributed by atoms with van der Waals surface area (Å²) in [7, 11) is 0. The topological polar surface area (TPSA) is 44.8 Å². The Hall–Kier alpha value is -3.64. The van der Waals surface area contributed by atoms with Gasteiger partial charge in [0.05, 0.1) is 16.9 Å². The van der Waals surface area contributed by atoms with E-state index in [-0.39, 0.29) is 11.6 Å². The van der Waals surface area contributed by atoms with E-state index in [1.807, 2.05) is 31.2 Å². The highest BCUT2D eigenvalue weighted by Gasteiger charge is 2.14. The van der Waals surface area contributed by atoms with Gasteiger partial charge in [-0.05, 0) is 72.5 Å². The summed E-state index contributed by atoms with van der Waals surface area (Å²) < 4.78 is 31.4. The summed E-state index contributed by atoms with van der Waals surface area (Å²) >= 11 is 1.35. The van der Waals surface area contributed by atoms with E-state index in [1.54, 1.807) is 48.5 Å². The van der Waals surface area contributed by atoms with Crippen LogP contribution in [-0.4, -0.2) is 19.2 Å². The van der Waals surface area contributed by atoms with Gasteiger partial charge in [0.15, 0.2) is 11.6 Å². The fourth-order valence-electron chi connectivity index (χ4n) is 3.16. The van der Waals surface area contributed by atoms with Crippen LogP contribution >= 0.6 is 11.3 Å². The Labute approximate surface area is 189 Å². The smallest absolute Gasteiger partial charge is 0.343 e. The molecule has 0 unspecified atom stereocenters. The molecule has 4 rings (SSSR count). The number of rotatable bonds is 8. The summed E-state index contributed by atoms with van der Waals surface area (Å²) in [6, 6.07) is 19.3. The molecule has 0 aliphatic carbocycles. The van der Waals surface area contributed by atoms with Crippen LogP contribution < -0.4 is 14.2 Å². The molecule has 0 bridgehead atoms. The molecule has 162 valence electrons. The minimum absolute atomic E-state index is 0.256. The van der Waals surface area contributed by atoms with Gasteiger partial charge in [-0.1, -0.05) is 24.8 Å². The van der Waals surface area contributed by atoms with Crippen LogP contribution in [0.1, 0.15) is 17.3 Å². The molecule has 6 heteroatoms. The molecule has 0 spiro atoms. The lowest BCUT2D eigenvalue weighted by Crippen LogP contribution is -2.08. The number of hydrogen-bond donors (Lipinski definition) is 0. The SMILES string of the molecule is C=CCOc1ccc(OC(=O)c2ccc(-c3cc4ccc(OCC)c(F)c4s3)cc2)cc1. The van der Waals surface area contributed by atoms with Gasteiger partial charge in [0, 0.05) is 4.88 Å². The quantitative estimate of drug-likeness (QED) is 0.167. The van der Waals surface area contributed by atoms with Gasteiger partial charge in [-0.3, -0.25) is 0 Å². The van der Waals surface area contributed by atoms with Crippen molar-refractivity contribution in [3.63, 3.8) is 0 Å². The van der Waals surface area contributed by atoms with E-state index in [2.05, 4.69) is 6.58 Å². The second-order valence-corrected chi connectivity index (χ2v) is 7.93. The van der Waals surface area contributed by atoms with Gasteiger partial charge >= 0.3 is 5.97 Å². The minimum Gasteiger partial charge on any atom is -0.491 e. The molecule has 1 aromatic heterocycles. The minimum atomic E-state index is -0.458. The molecule has 0 fully saturated rings. The van der Waals surface area contributed by atoms with Crippen LogP contribution in [0.15, 0.2) is 79.4 Å². The first-order chi connectivity index (χ1) is 15.6. The lowest BCUT2D eigenvalue weighted by molar-refractivity contribution is 0.0734. The average molecular weight is 449 g/mol. The van der Waals surface area contributed by atoms with Gasteiger partial charge in [0.1, 0.15) is 18.1 Å². The van der Waals surface area contributed by atoms with Crippen molar-refractivity contribution in [2.45, 2.75) is 6.92 Å². The first-order valence-corrected chi connectivity index (χ1v) is 10.9. The van der Waals surface area contributed by atoms with Crippen molar-refractivity contribution in [3.8, 4) is 27.7 Å². The van der Waals surface area contributed by atoms with Crippen LogP contribution in [0.4, 0.5) is 4.39 Å². The Morgan fingerprint density at radius 1 is 1.00 bits per heavy atom. The van der Waals surface area contributed by atoms with Crippen molar-refractivity contribution < 1.29 is 23.4 Å². The highest BCUT2D eigenvalue weighted by atomic mass is 32.1. The van der Waals surface area contributed by atoms with E-state index in [9.17, 15) is 9.18 Å². The van der Waals surface area contributed by atoms with Crippen LogP contribution in [0.5, 0.6) is 17.2 Å². The molecule has 4 aromatic rings. The first kappa shape index (κ1) is 21.6. The number of ether oxygens (including phenoxy) is 3. The van der Waals surface area contributed by atoms with Crippen LogP contribution in [0.2, 0.25) is 0 Å². The standard InChI is InChI=1S/C26H21FO4S/c1-3-15-30-20-10-12-21(13-11-20)31-26(28)18-7-5-17(6-8-18)23-16-19-9-14-22(29-4-2)24(27)25(19)32-23/h3,5-14,16H,1,4,15H2,2H3. The van der Waals surface area contributed by atoms with E-state index in [0.29, 0.717) is 35.0 Å². The molecule has 0 atom stereocenters. The normalized spacial score (nSPS) is 10.7. The van der Waals surface area contributed by atoms with Crippen molar-refractivity contribution in [1.82, 2.24) is 0 Å². The van der Waals surface area contributed by atoms with Crippen molar-refractivity contribution in [3.05, 3.63) is 90.8 Å². The monoisotopic (exact) mass is 448 g/mol. The molecule has 0 N–H and O–H groups in total. The molecule has 0 aliphatic heterocycles. The van der Waals surface area contributed by atoms with Gasteiger partial charge < -0.3 is 14.2 Å². The van der Waals surface area contributed by atoms with E-state index >= 15 is 0 Å². The largest absolute Gasteiger partial charge is 0.491 e. The first-order valence-electron chi connectivity index (χ1n) is 10.1. The van der Waals surface area contributed by atoms with Crippen molar-refractivity contribution in [2.75, 3.05) is 13.2 Å². The third-order valence-corrected chi connectivity index (χ3v) is 5.89. The van der Waals surface area contributed by atoms with Crippen LogP contribution in [0, 0.1) is 5.82 Å². The fourth-order valence-corrected chi connectivity index (χ4v) is 4.25. The number of fused-ring (bicyclic) bond motifs is 1. The lowest BCUT2D eigenvalue weighted by Gasteiger charge is -2.07. The van der Waals surface area contributed by atoms with Crippen LogP contribution in [0.3, 0.4) is 0 Å². The zero-order valence-corrected chi connectivity index (χ0v) is 18.3. The zero-order valence-electron chi connectivity index (χ0n) is 17.5. The molecule has 4 nitrogen and oxygen atoms in total. The van der Waals surface area contributed by atoms with Gasteiger partial charge in [0.2, 0.25) is 0 Å². The van der Waals surface area contributed by atoms with Crippen molar-refractivity contribution >= 4 is 27.4 Å². The highest BCUT2D eigenvalue weighted by Crippen LogP contribution is 2.38. The Morgan fingerprint density at radius 3 is 2.41 bits per heavy atom. The maximum atomic E-state index is 14.7. The Kier molecular flexibility index (Phi) is 6.52. The summed E-state index contributed by atoms with van der Waals surface area (Å²) in [4.78, 5) is 13.4. The lowest BCUT2D eigenvalue weighted by atomic mass is 10.1. The third kappa shape index (κ3) is 4.65. The number of hydrogen-bond acceptors (Lipinski definition) is 5. The number of carbonyl (C=O) groups is 1. The molecule has 0 radical (unpaired) electrons. The molecular formula is C26H21FO4S. The maximum Gasteiger partial charge on any atom is 0.343 e. The Morgan fingerprint density at radius 2 is 1.72 bits per heavy atom. The maximum absolute atomic E-state index is 14.7. The fraction of sp³-hybridized carbons (Fsp3) is 0.115. The molecule has 3 aromatic carbocycles. The molecule has 0 aliphatic rings. The number of halogens is 1. The molecule has 1 heterocycles. The second-order valence-electron chi connectivity index (χ2n) is 6.88. The summed E-state index contributed by atoms with van der Waals surface area (Å²) in [5.41, 5.74) is 1.32. The van der Waals surface area contributed by atoms with E-state index in [4.69, 9.17) is 14.2 Å². The van der Waals surface area contributed by atoms with E-state index in [1.165, 1.54) is 11.3 Å². The predicted octanol–water partition coefficient (Wildman–Crippen LogP) is 6.89. The van der Waals surface area contributed by atoms with Crippen molar-refractivity contribution in [2.24, 2.45) is 0 Å². The van der Waals surface area contributed by atoms with E-state index < -0.39 is 5.97 Å². The molecule has 32 heavy (non-hydrogen) atoms. The number of esters is 1. The Bertz CT molecular complexity index is 1240. The van der Waals surface area contributed by atoms with Gasteiger partial charge in [0.25, 0.3) is 0 Å². The van der Waals surface area contributed by atoms with Crippen LogP contribution in [-0.2, 0) is 0 Å². The van der Waals surface area contributed by atoms with E-state index in [0.717, 1.165) is 15.8 Å². The highest BCUT2D eigenvalue weighted by molar-refractivity contribution is 7.22. The third-order valence-electron chi connectivity index (χ3n) is 4.70. The summed E-state index contributed by atoms with van der Waals surface area (Å²) in [5, 5.41) is 0.815.